The van der Waals surface area contributed by atoms with Crippen molar-refractivity contribution in [2.75, 3.05) is 19.4 Å². The predicted octanol–water partition coefficient (Wildman–Crippen LogP) is 2.82. The maximum atomic E-state index is 4.06. The highest BCUT2D eigenvalue weighted by atomic mass is 32.1. The Kier molecular flexibility index (Phi) is 4.12. The third-order valence-electron chi connectivity index (χ3n) is 2.38. The third kappa shape index (κ3) is 3.84. The average molecular weight is 247 g/mol. The molecule has 0 aliphatic heterocycles. The quantitative estimate of drug-likeness (QED) is 0.880. The summed E-state index contributed by atoms with van der Waals surface area (Å²) in [5.74, 6) is 0. The zero-order valence-corrected chi connectivity index (χ0v) is 11.0. The van der Waals surface area contributed by atoms with E-state index in [0.717, 1.165) is 18.8 Å². The molecule has 3 nitrogen and oxygen atoms in total. The highest BCUT2D eigenvalue weighted by Gasteiger charge is 1.98. The van der Waals surface area contributed by atoms with E-state index in [1.165, 1.54) is 10.4 Å². The molecule has 2 rings (SSSR count). The molecular formula is C13H17N3S. The molecular weight excluding hydrogens is 230 g/mol. The fourth-order valence-corrected chi connectivity index (χ4v) is 2.20. The van der Waals surface area contributed by atoms with Gasteiger partial charge in [-0.3, -0.25) is 4.98 Å². The summed E-state index contributed by atoms with van der Waals surface area (Å²) in [6, 6.07) is 8.53. The van der Waals surface area contributed by atoms with Crippen LogP contribution in [0, 0.1) is 0 Å². The van der Waals surface area contributed by atoms with Crippen LogP contribution in [0.2, 0.25) is 0 Å². The smallest absolute Gasteiger partial charge is 0.0794 e. The van der Waals surface area contributed by atoms with Crippen molar-refractivity contribution in [1.29, 1.82) is 0 Å². The van der Waals surface area contributed by atoms with Gasteiger partial charge in [0.15, 0.2) is 0 Å². The van der Waals surface area contributed by atoms with E-state index in [0.29, 0.717) is 0 Å². The molecule has 1 aromatic heterocycles. The van der Waals surface area contributed by atoms with Crippen molar-refractivity contribution in [2.24, 2.45) is 0 Å². The number of rotatable bonds is 5. The number of nitrogens with one attached hydrogen (secondary N) is 1. The summed E-state index contributed by atoms with van der Waals surface area (Å²) in [7, 11) is 4.16. The summed E-state index contributed by atoms with van der Waals surface area (Å²) in [5, 5.41) is 3.41. The lowest BCUT2D eigenvalue weighted by Gasteiger charge is -2.11. The first kappa shape index (κ1) is 12.1. The Morgan fingerprint density at radius 1 is 1.35 bits per heavy atom. The molecule has 0 fully saturated rings. The van der Waals surface area contributed by atoms with Gasteiger partial charge in [-0.05, 0) is 31.8 Å². The van der Waals surface area contributed by atoms with Gasteiger partial charge in [-0.1, -0.05) is 12.1 Å². The van der Waals surface area contributed by atoms with E-state index in [-0.39, 0.29) is 0 Å². The van der Waals surface area contributed by atoms with Crippen LogP contribution in [0.15, 0.2) is 36.0 Å². The Morgan fingerprint density at radius 3 is 2.94 bits per heavy atom. The van der Waals surface area contributed by atoms with Crippen molar-refractivity contribution in [3.8, 4) is 0 Å². The van der Waals surface area contributed by atoms with Gasteiger partial charge >= 0.3 is 0 Å². The van der Waals surface area contributed by atoms with Crippen molar-refractivity contribution >= 4 is 17.0 Å². The second kappa shape index (κ2) is 5.80. The molecule has 0 aliphatic rings. The van der Waals surface area contributed by atoms with E-state index in [2.05, 4.69) is 53.6 Å². The van der Waals surface area contributed by atoms with E-state index in [1.807, 2.05) is 11.7 Å². The Morgan fingerprint density at radius 2 is 2.24 bits per heavy atom. The lowest BCUT2D eigenvalue weighted by molar-refractivity contribution is 0.402. The minimum absolute atomic E-state index is 0.843. The normalized spacial score (nSPS) is 10.8. The van der Waals surface area contributed by atoms with Gasteiger partial charge in [0, 0.05) is 23.3 Å². The molecule has 0 amide bonds. The van der Waals surface area contributed by atoms with Crippen LogP contribution in [0.1, 0.15) is 10.4 Å². The molecule has 0 radical (unpaired) electrons. The van der Waals surface area contributed by atoms with Crippen LogP contribution in [-0.2, 0) is 13.1 Å². The summed E-state index contributed by atoms with van der Waals surface area (Å²) >= 11 is 1.68. The van der Waals surface area contributed by atoms with E-state index in [4.69, 9.17) is 0 Å². The fourth-order valence-electron chi connectivity index (χ4n) is 1.66. The van der Waals surface area contributed by atoms with Crippen molar-refractivity contribution in [2.45, 2.75) is 13.1 Å². The van der Waals surface area contributed by atoms with Gasteiger partial charge < -0.3 is 10.2 Å². The monoisotopic (exact) mass is 247 g/mol. The molecule has 4 heteroatoms. The van der Waals surface area contributed by atoms with Crippen molar-refractivity contribution < 1.29 is 0 Å². The molecule has 0 bridgehead atoms. The highest BCUT2D eigenvalue weighted by molar-refractivity contribution is 7.09. The first-order valence-electron chi connectivity index (χ1n) is 5.59. The first-order chi connectivity index (χ1) is 8.24. The van der Waals surface area contributed by atoms with Crippen LogP contribution in [0.5, 0.6) is 0 Å². The molecule has 0 unspecified atom stereocenters. The fraction of sp³-hybridized carbons (Fsp3) is 0.308. The predicted molar refractivity (Wildman–Crippen MR) is 73.3 cm³/mol. The highest BCUT2D eigenvalue weighted by Crippen LogP contribution is 2.14. The molecule has 2 aromatic rings. The summed E-state index contributed by atoms with van der Waals surface area (Å²) in [5.41, 5.74) is 4.35. The molecule has 0 aliphatic carbocycles. The van der Waals surface area contributed by atoms with Crippen LogP contribution < -0.4 is 5.32 Å². The van der Waals surface area contributed by atoms with Crippen molar-refractivity contribution in [3.05, 3.63) is 46.4 Å². The Labute approximate surface area is 106 Å². The summed E-state index contributed by atoms with van der Waals surface area (Å²) in [6.07, 6.45) is 1.90. The molecule has 90 valence electrons. The molecule has 1 N–H and O–H groups in total. The number of anilines is 1. The van der Waals surface area contributed by atoms with Gasteiger partial charge in [0.25, 0.3) is 0 Å². The maximum absolute atomic E-state index is 4.06. The SMILES string of the molecule is CN(C)Cc1cccc(NCc2cncs2)c1. The van der Waals surface area contributed by atoms with Gasteiger partial charge in [-0.25, -0.2) is 0 Å². The molecule has 17 heavy (non-hydrogen) atoms. The Bertz CT molecular complexity index is 451. The minimum Gasteiger partial charge on any atom is -0.380 e. The molecule has 1 heterocycles. The third-order valence-corrected chi connectivity index (χ3v) is 3.16. The molecule has 0 saturated heterocycles. The number of aromatic nitrogens is 1. The largest absolute Gasteiger partial charge is 0.380 e. The number of benzene rings is 1. The van der Waals surface area contributed by atoms with Crippen LogP contribution in [-0.4, -0.2) is 24.0 Å². The second-order valence-corrected chi connectivity index (χ2v) is 5.23. The zero-order chi connectivity index (χ0) is 12.1. The van der Waals surface area contributed by atoms with Gasteiger partial charge in [0.2, 0.25) is 0 Å². The van der Waals surface area contributed by atoms with Crippen LogP contribution in [0.4, 0.5) is 5.69 Å². The van der Waals surface area contributed by atoms with Crippen LogP contribution >= 0.6 is 11.3 Å². The lowest BCUT2D eigenvalue weighted by Crippen LogP contribution is -2.10. The number of nitrogens with zero attached hydrogens (tertiary/aromatic N) is 2. The average Bonchev–Trinajstić information content (AvgIpc) is 2.79. The van der Waals surface area contributed by atoms with Crippen LogP contribution in [0.3, 0.4) is 0 Å². The Balaban J connectivity index is 1.96. The molecule has 0 atom stereocenters. The molecule has 1 aromatic carbocycles. The standard InChI is InChI=1S/C13H17N3S/c1-16(2)9-11-4-3-5-12(6-11)15-8-13-7-14-10-17-13/h3-7,10,15H,8-9H2,1-2H3. The van der Waals surface area contributed by atoms with Gasteiger partial charge in [-0.15, -0.1) is 11.3 Å². The van der Waals surface area contributed by atoms with Gasteiger partial charge in [0.1, 0.15) is 0 Å². The van der Waals surface area contributed by atoms with E-state index < -0.39 is 0 Å². The molecule has 0 saturated carbocycles. The first-order valence-corrected chi connectivity index (χ1v) is 6.47. The zero-order valence-electron chi connectivity index (χ0n) is 10.2. The summed E-state index contributed by atoms with van der Waals surface area (Å²) in [4.78, 5) is 7.48. The molecule has 0 spiro atoms. The van der Waals surface area contributed by atoms with E-state index >= 15 is 0 Å². The second-order valence-electron chi connectivity index (χ2n) is 4.26. The van der Waals surface area contributed by atoms with E-state index in [9.17, 15) is 0 Å². The lowest BCUT2D eigenvalue weighted by atomic mass is 10.2. The summed E-state index contributed by atoms with van der Waals surface area (Å²) in [6.45, 7) is 1.81. The number of hydrogen-bond donors (Lipinski definition) is 1. The van der Waals surface area contributed by atoms with Crippen LogP contribution in [0.25, 0.3) is 0 Å². The topological polar surface area (TPSA) is 28.2 Å². The van der Waals surface area contributed by atoms with E-state index in [1.54, 1.807) is 11.3 Å². The number of thiazole rings is 1. The van der Waals surface area contributed by atoms with Crippen molar-refractivity contribution in [3.63, 3.8) is 0 Å². The number of hydrogen-bond acceptors (Lipinski definition) is 4. The maximum Gasteiger partial charge on any atom is 0.0794 e. The minimum atomic E-state index is 0.843. The Hall–Kier alpha value is -1.39. The van der Waals surface area contributed by atoms with Gasteiger partial charge in [-0.2, -0.15) is 0 Å². The van der Waals surface area contributed by atoms with Gasteiger partial charge in [0.05, 0.1) is 12.1 Å². The summed E-state index contributed by atoms with van der Waals surface area (Å²) < 4.78 is 0. The van der Waals surface area contributed by atoms with Crippen molar-refractivity contribution in [1.82, 2.24) is 9.88 Å².